The summed E-state index contributed by atoms with van der Waals surface area (Å²) in [5, 5.41) is 7.42. The van der Waals surface area contributed by atoms with E-state index in [4.69, 9.17) is 11.5 Å². The van der Waals surface area contributed by atoms with Crippen molar-refractivity contribution in [3.05, 3.63) is 41.7 Å². The van der Waals surface area contributed by atoms with Crippen LogP contribution in [0.2, 0.25) is 0 Å². The van der Waals surface area contributed by atoms with Crippen molar-refractivity contribution >= 4 is 17.3 Å². The number of nitrogen functional groups attached to an aromatic ring is 1. The number of carbonyl (C=O) groups is 1. The van der Waals surface area contributed by atoms with Gasteiger partial charge in [0.05, 0.1) is 22.6 Å². The minimum absolute atomic E-state index is 0.404. The number of nitrogens with one attached hydrogen (secondary N) is 1. The van der Waals surface area contributed by atoms with Crippen LogP contribution in [0.3, 0.4) is 0 Å². The van der Waals surface area contributed by atoms with Crippen LogP contribution in [-0.2, 0) is 13.5 Å². The summed E-state index contributed by atoms with van der Waals surface area (Å²) in [6.07, 6.45) is 2.63. The fraction of sp³-hybridized carbons (Fsp3) is 0.231. The molecule has 0 saturated heterocycles. The van der Waals surface area contributed by atoms with E-state index in [0.717, 1.165) is 12.1 Å². The number of nitrogens with zero attached hydrogens (tertiary/aromatic N) is 2. The van der Waals surface area contributed by atoms with Crippen LogP contribution in [-0.4, -0.2) is 22.2 Å². The Morgan fingerprint density at radius 1 is 1.42 bits per heavy atom. The molecular formula is C13H17N5O. The van der Waals surface area contributed by atoms with Gasteiger partial charge >= 0.3 is 0 Å². The van der Waals surface area contributed by atoms with Crippen LogP contribution in [0.1, 0.15) is 16.1 Å². The van der Waals surface area contributed by atoms with Crippen LogP contribution in [0.15, 0.2) is 30.5 Å². The summed E-state index contributed by atoms with van der Waals surface area (Å²) >= 11 is 0. The van der Waals surface area contributed by atoms with E-state index in [1.165, 1.54) is 0 Å². The second-order valence-corrected chi connectivity index (χ2v) is 4.29. The van der Waals surface area contributed by atoms with Gasteiger partial charge in [0.2, 0.25) is 0 Å². The SMILES string of the molecule is Cn1ccc(CCNc2c(N)cccc2C(N)=O)n1. The quantitative estimate of drug-likeness (QED) is 0.690. The fourth-order valence-corrected chi connectivity index (χ4v) is 1.88. The van der Waals surface area contributed by atoms with Gasteiger partial charge in [0.15, 0.2) is 0 Å². The van der Waals surface area contributed by atoms with Crippen molar-refractivity contribution in [3.63, 3.8) is 0 Å². The number of para-hydroxylation sites is 1. The van der Waals surface area contributed by atoms with E-state index in [1.54, 1.807) is 22.9 Å². The minimum atomic E-state index is -0.493. The highest BCUT2D eigenvalue weighted by Crippen LogP contribution is 2.22. The van der Waals surface area contributed by atoms with Gasteiger partial charge in [0, 0.05) is 26.2 Å². The molecule has 0 bridgehead atoms. The lowest BCUT2D eigenvalue weighted by Crippen LogP contribution is -2.17. The van der Waals surface area contributed by atoms with Gasteiger partial charge in [-0.25, -0.2) is 0 Å². The molecule has 6 nitrogen and oxygen atoms in total. The third-order valence-electron chi connectivity index (χ3n) is 2.81. The molecule has 1 heterocycles. The predicted molar refractivity (Wildman–Crippen MR) is 74.8 cm³/mol. The van der Waals surface area contributed by atoms with Gasteiger partial charge in [-0.05, 0) is 18.2 Å². The van der Waals surface area contributed by atoms with Crippen LogP contribution in [0.5, 0.6) is 0 Å². The second-order valence-electron chi connectivity index (χ2n) is 4.29. The number of aryl methyl sites for hydroxylation is 1. The maximum absolute atomic E-state index is 11.3. The van der Waals surface area contributed by atoms with Gasteiger partial charge in [0.25, 0.3) is 5.91 Å². The summed E-state index contributed by atoms with van der Waals surface area (Å²) in [7, 11) is 1.87. The molecule has 1 aromatic heterocycles. The number of rotatable bonds is 5. The van der Waals surface area contributed by atoms with Crippen LogP contribution < -0.4 is 16.8 Å². The molecular weight excluding hydrogens is 242 g/mol. The molecule has 0 aliphatic heterocycles. The third-order valence-corrected chi connectivity index (χ3v) is 2.81. The molecule has 1 aromatic carbocycles. The summed E-state index contributed by atoms with van der Waals surface area (Å²) in [6, 6.07) is 7.04. The average Bonchev–Trinajstić information content (AvgIpc) is 2.77. The van der Waals surface area contributed by atoms with Crippen LogP contribution >= 0.6 is 0 Å². The Morgan fingerprint density at radius 2 is 2.21 bits per heavy atom. The molecule has 2 aromatic rings. The number of carbonyl (C=O) groups excluding carboxylic acids is 1. The first kappa shape index (κ1) is 12.9. The predicted octanol–water partition coefficient (Wildman–Crippen LogP) is 0.756. The first-order valence-electron chi connectivity index (χ1n) is 5.98. The van der Waals surface area contributed by atoms with Gasteiger partial charge in [-0.2, -0.15) is 5.10 Å². The second kappa shape index (κ2) is 5.43. The number of primary amides is 1. The number of aromatic nitrogens is 2. The zero-order valence-corrected chi connectivity index (χ0v) is 10.8. The van der Waals surface area contributed by atoms with Crippen LogP contribution in [0.25, 0.3) is 0 Å². The Kier molecular flexibility index (Phi) is 3.70. The summed E-state index contributed by atoms with van der Waals surface area (Å²) in [6.45, 7) is 0.630. The molecule has 0 aliphatic carbocycles. The Balaban J connectivity index is 2.05. The number of benzene rings is 1. The lowest BCUT2D eigenvalue weighted by molar-refractivity contribution is 0.100. The highest BCUT2D eigenvalue weighted by atomic mass is 16.1. The highest BCUT2D eigenvalue weighted by molar-refractivity contribution is 6.01. The molecule has 0 unspecified atom stereocenters. The average molecular weight is 259 g/mol. The van der Waals surface area contributed by atoms with Crippen molar-refractivity contribution in [1.82, 2.24) is 9.78 Å². The van der Waals surface area contributed by atoms with E-state index >= 15 is 0 Å². The van der Waals surface area contributed by atoms with Gasteiger partial charge in [-0.3, -0.25) is 9.48 Å². The molecule has 1 amide bonds. The largest absolute Gasteiger partial charge is 0.397 e. The molecule has 6 heteroatoms. The summed E-state index contributed by atoms with van der Waals surface area (Å²) in [5.74, 6) is -0.493. The van der Waals surface area contributed by atoms with Crippen molar-refractivity contribution in [3.8, 4) is 0 Å². The van der Waals surface area contributed by atoms with E-state index < -0.39 is 5.91 Å². The third kappa shape index (κ3) is 3.04. The van der Waals surface area contributed by atoms with E-state index in [9.17, 15) is 4.79 Å². The Bertz CT molecular complexity index is 590. The standard InChI is InChI=1S/C13H17N5O/c1-18-8-6-9(17-18)5-7-16-12-10(13(15)19)3-2-4-11(12)14/h2-4,6,8,16H,5,7,14H2,1H3,(H2,15,19). The molecule has 5 N–H and O–H groups in total. The number of nitrogens with two attached hydrogens (primary N) is 2. The topological polar surface area (TPSA) is 99.0 Å². The molecule has 0 fully saturated rings. The van der Waals surface area contributed by atoms with Crippen molar-refractivity contribution < 1.29 is 4.79 Å². The van der Waals surface area contributed by atoms with Gasteiger partial charge in [-0.1, -0.05) is 6.07 Å². The summed E-state index contributed by atoms with van der Waals surface area (Å²) in [4.78, 5) is 11.3. The summed E-state index contributed by atoms with van der Waals surface area (Å²) in [5.41, 5.74) is 13.7. The Morgan fingerprint density at radius 3 is 2.84 bits per heavy atom. The van der Waals surface area contributed by atoms with E-state index in [0.29, 0.717) is 23.5 Å². The van der Waals surface area contributed by atoms with E-state index in [1.807, 2.05) is 19.3 Å². The molecule has 0 saturated carbocycles. The Labute approximate surface area is 111 Å². The first-order chi connectivity index (χ1) is 9.08. The lowest BCUT2D eigenvalue weighted by atomic mass is 10.1. The van der Waals surface area contributed by atoms with Crippen LogP contribution in [0, 0.1) is 0 Å². The van der Waals surface area contributed by atoms with Gasteiger partial charge in [0.1, 0.15) is 0 Å². The maximum Gasteiger partial charge on any atom is 0.250 e. The number of hydrogen-bond acceptors (Lipinski definition) is 4. The monoisotopic (exact) mass is 259 g/mol. The van der Waals surface area contributed by atoms with Crippen molar-refractivity contribution in [2.24, 2.45) is 12.8 Å². The van der Waals surface area contributed by atoms with Crippen molar-refractivity contribution in [2.45, 2.75) is 6.42 Å². The number of hydrogen-bond donors (Lipinski definition) is 3. The number of anilines is 2. The minimum Gasteiger partial charge on any atom is -0.397 e. The molecule has 0 atom stereocenters. The lowest BCUT2D eigenvalue weighted by Gasteiger charge is -2.12. The molecule has 100 valence electrons. The fourth-order valence-electron chi connectivity index (χ4n) is 1.88. The van der Waals surface area contributed by atoms with E-state index in [-0.39, 0.29) is 0 Å². The zero-order valence-electron chi connectivity index (χ0n) is 10.8. The van der Waals surface area contributed by atoms with Gasteiger partial charge < -0.3 is 16.8 Å². The van der Waals surface area contributed by atoms with E-state index in [2.05, 4.69) is 10.4 Å². The highest BCUT2D eigenvalue weighted by Gasteiger charge is 2.10. The molecule has 0 spiro atoms. The van der Waals surface area contributed by atoms with Crippen molar-refractivity contribution in [1.29, 1.82) is 0 Å². The molecule has 0 radical (unpaired) electrons. The van der Waals surface area contributed by atoms with Gasteiger partial charge in [-0.15, -0.1) is 0 Å². The first-order valence-corrected chi connectivity index (χ1v) is 5.98. The Hall–Kier alpha value is -2.50. The molecule has 19 heavy (non-hydrogen) atoms. The van der Waals surface area contributed by atoms with Crippen LogP contribution in [0.4, 0.5) is 11.4 Å². The summed E-state index contributed by atoms with van der Waals surface area (Å²) < 4.78 is 1.75. The number of amides is 1. The normalized spacial score (nSPS) is 10.4. The molecule has 0 aliphatic rings. The smallest absolute Gasteiger partial charge is 0.250 e. The maximum atomic E-state index is 11.3. The van der Waals surface area contributed by atoms with Crippen molar-refractivity contribution in [2.75, 3.05) is 17.6 Å². The molecule has 2 rings (SSSR count). The zero-order chi connectivity index (χ0) is 13.8.